The van der Waals surface area contributed by atoms with Crippen molar-refractivity contribution in [2.24, 2.45) is 0 Å². The maximum atomic E-state index is 16.3. The third-order valence-electron chi connectivity index (χ3n) is 15.5. The molecule has 2 aliphatic heterocycles. The molecule has 0 aliphatic carbocycles. The number of hydrogen-bond acceptors (Lipinski definition) is 21. The van der Waals surface area contributed by atoms with Gasteiger partial charge >= 0.3 is 12.5 Å². The van der Waals surface area contributed by atoms with Crippen LogP contribution in [0.25, 0.3) is 11.2 Å². The molecule has 0 spiro atoms. The number of nitrogens with zero attached hydrogens (tertiary/aromatic N) is 8. The van der Waals surface area contributed by atoms with Crippen LogP contribution in [0.5, 0.6) is 11.5 Å². The molecule has 5 heterocycles. The van der Waals surface area contributed by atoms with Crippen molar-refractivity contribution < 1.29 is 56.1 Å². The number of nitro benzene ring substituents is 1. The van der Waals surface area contributed by atoms with E-state index in [1.54, 1.807) is 68.2 Å². The van der Waals surface area contributed by atoms with E-state index in [4.69, 9.17) is 41.8 Å². The quantitative estimate of drug-likeness (QED) is 0.0145. The fourth-order valence-electron chi connectivity index (χ4n) is 11.1. The Balaban J connectivity index is 1.04. The summed E-state index contributed by atoms with van der Waals surface area (Å²) in [6.45, 7) is 4.14. The van der Waals surface area contributed by atoms with Crippen LogP contribution in [0.1, 0.15) is 97.6 Å². The summed E-state index contributed by atoms with van der Waals surface area (Å²) in [5.74, 6) is 0.674. The van der Waals surface area contributed by atoms with Crippen molar-refractivity contribution in [1.82, 2.24) is 33.7 Å². The Morgan fingerprint density at radius 3 is 2.07 bits per heavy atom. The lowest BCUT2D eigenvalue weighted by Gasteiger charge is -2.37. The maximum Gasteiger partial charge on any atom is 0.389 e. The number of aromatic amines is 1. The van der Waals surface area contributed by atoms with Crippen LogP contribution in [-0.2, 0) is 48.2 Å². The lowest BCUT2D eigenvalue weighted by Crippen LogP contribution is -2.38. The number of nitrogens with one attached hydrogen (secondary N) is 2. The summed E-state index contributed by atoms with van der Waals surface area (Å²) < 4.78 is 80.4. The normalized spacial score (nSPS) is 19.3. The number of hydrogen-bond donors (Lipinski definition) is 2. The lowest BCUT2D eigenvalue weighted by atomic mass is 9.80. The third-order valence-corrected chi connectivity index (χ3v) is 21.3. The van der Waals surface area contributed by atoms with Gasteiger partial charge in [-0.1, -0.05) is 91.0 Å². The van der Waals surface area contributed by atoms with Crippen molar-refractivity contribution in [2.75, 3.05) is 39.4 Å². The van der Waals surface area contributed by atoms with E-state index in [1.807, 2.05) is 107 Å². The third kappa shape index (κ3) is 15.2. The van der Waals surface area contributed by atoms with E-state index in [0.717, 1.165) is 0 Å². The molecule has 2 unspecified atom stereocenters. The van der Waals surface area contributed by atoms with Gasteiger partial charge < -0.3 is 38.0 Å². The van der Waals surface area contributed by atoms with Gasteiger partial charge in [0.15, 0.2) is 17.0 Å². The first kappa shape index (κ1) is 66.9. The van der Waals surface area contributed by atoms with Crippen molar-refractivity contribution in [1.29, 1.82) is 5.26 Å². The fourth-order valence-corrected chi connectivity index (χ4v) is 16.3. The molecule has 10 rings (SSSR count). The Labute approximate surface area is 535 Å². The number of fused-ring (bicyclic) bond motifs is 1. The number of para-hydroxylation sites is 1. The predicted molar refractivity (Wildman–Crippen MR) is 344 cm³/mol. The van der Waals surface area contributed by atoms with E-state index >= 15 is 4.57 Å². The Kier molecular flexibility index (Phi) is 21.9. The molecule has 28 heteroatoms. The number of methoxy groups -OCH3 is 2. The average Bonchev–Trinajstić information content (AvgIpc) is 0.941. The molecule has 3 aromatic heterocycles. The van der Waals surface area contributed by atoms with E-state index in [-0.39, 0.29) is 78.5 Å². The largest absolute Gasteiger partial charge is 0.497 e. The van der Waals surface area contributed by atoms with E-state index in [2.05, 4.69) is 36.0 Å². The Morgan fingerprint density at radius 1 is 0.837 bits per heavy atom. The number of carbonyl (C=O) groups excluding carboxylic acids is 1. The van der Waals surface area contributed by atoms with Gasteiger partial charge in [-0.25, -0.2) is 29.0 Å². The maximum absolute atomic E-state index is 16.3. The zero-order valence-corrected chi connectivity index (χ0v) is 54.1. The first-order valence-electron chi connectivity index (χ1n) is 29.6. The molecule has 0 saturated carbocycles. The number of aromatic nitrogens is 6. The van der Waals surface area contributed by atoms with Crippen molar-refractivity contribution >= 4 is 55.3 Å². The first-order chi connectivity index (χ1) is 44.4. The topological polar surface area (TPSA) is 298 Å². The molecule has 2 N–H and O–H groups in total. The predicted octanol–water partition coefficient (Wildman–Crippen LogP) is 11.6. The minimum absolute atomic E-state index is 0.0505. The van der Waals surface area contributed by atoms with E-state index in [0.29, 0.717) is 50.8 Å². The van der Waals surface area contributed by atoms with Gasteiger partial charge in [0, 0.05) is 59.6 Å². The number of nitro groups is 1. The highest BCUT2D eigenvalue weighted by atomic mass is 32.7. The number of H-pyrrole nitrogens is 1. The summed E-state index contributed by atoms with van der Waals surface area (Å²) in [5.41, 5.74) is 0.472. The van der Waals surface area contributed by atoms with Gasteiger partial charge in [0.1, 0.15) is 54.2 Å². The second-order valence-electron chi connectivity index (χ2n) is 22.1. The van der Waals surface area contributed by atoms with Gasteiger partial charge in [0.25, 0.3) is 25.7 Å². The number of rotatable bonds is 29. The molecule has 25 nitrogen and oxygen atoms in total. The minimum Gasteiger partial charge on any atom is -0.497 e. The number of benzene rings is 5. The van der Waals surface area contributed by atoms with Crippen LogP contribution in [-0.4, -0.2) is 115 Å². The van der Waals surface area contributed by atoms with Gasteiger partial charge in [-0.2, -0.15) is 5.26 Å². The van der Waals surface area contributed by atoms with Crippen molar-refractivity contribution in [3.8, 4) is 17.6 Å². The summed E-state index contributed by atoms with van der Waals surface area (Å²) in [6, 6.07) is 40.9. The molecule has 482 valence electrons. The van der Waals surface area contributed by atoms with Crippen molar-refractivity contribution in [2.45, 2.75) is 114 Å². The number of carbonyl (C=O) groups is 1. The van der Waals surface area contributed by atoms with Crippen LogP contribution in [0.4, 0.5) is 11.5 Å². The molecule has 92 heavy (non-hydrogen) atoms. The Bertz CT molecular complexity index is 3990. The van der Waals surface area contributed by atoms with Gasteiger partial charge in [-0.15, -0.1) is 0 Å². The van der Waals surface area contributed by atoms with Crippen LogP contribution in [0, 0.1) is 28.4 Å². The number of aryl methyl sites for hydroxylation is 1. The molecule has 2 saturated heterocycles. The molecule has 1 amide bonds. The monoisotopic (exact) mass is 1310 g/mol. The van der Waals surface area contributed by atoms with Gasteiger partial charge in [-0.05, 0) is 99.1 Å². The summed E-state index contributed by atoms with van der Waals surface area (Å²) >= 11 is 0.701. The standard InChI is InChI=1S/C64H70N10O15P2S/c1-41(2)73(42(3)4)90(84-32-16-31-65)88-52-33-57(72-40-68-58-59(66-39-67-60(58)72)69-62(76)44-17-10-8-11-18-44)87-55(52)37-85-91(80,92-38-45-19-14-15-22-51(45)74(78)79)89-53-34-56(71-35-43(5)61(75)70-63(71)77)86-54(53)36-83-64(46-20-12-9-13-21-46,47-23-27-49(81-6)28-24-47)48-25-29-50(82-7)30-26-48/h8-15,17-30,35,39-42,52-57H,16,32-34,36-38H2,1-7H3,(H,70,75,77)(H,66,67,69,76)/t52-,53-,54+,55+,56+,57+,90?,91?/m0/s1. The van der Waals surface area contributed by atoms with E-state index in [9.17, 15) is 29.8 Å². The Morgan fingerprint density at radius 2 is 1.43 bits per heavy atom. The number of nitriles is 1. The molecule has 8 atom stereocenters. The number of ether oxygens (including phenoxy) is 5. The van der Waals surface area contributed by atoms with Gasteiger partial charge in [-0.3, -0.25) is 42.9 Å². The van der Waals surface area contributed by atoms with E-state index in [1.165, 1.54) is 35.6 Å². The molecule has 0 bridgehead atoms. The number of imidazole rings is 1. The average molecular weight is 1310 g/mol. The number of anilines is 1. The second-order valence-corrected chi connectivity index (χ2v) is 27.6. The summed E-state index contributed by atoms with van der Waals surface area (Å²) in [5, 5.41) is 24.9. The van der Waals surface area contributed by atoms with Crippen LogP contribution in [0.3, 0.4) is 0 Å². The summed E-state index contributed by atoms with van der Waals surface area (Å²) in [6.07, 6.45) is -2.16. The number of amides is 1. The minimum atomic E-state index is -4.68. The highest BCUT2D eigenvalue weighted by molar-refractivity contribution is 8.54. The van der Waals surface area contributed by atoms with E-state index < -0.39 is 86.5 Å². The summed E-state index contributed by atoms with van der Waals surface area (Å²) in [7, 11) is 1.22. The van der Waals surface area contributed by atoms with Gasteiger partial charge in [0.05, 0.1) is 63.9 Å². The molecule has 8 aromatic rings. The SMILES string of the molecule is COc1ccc(C(OC[C@H]2O[C@@H](n3cc(C)c(=O)[nH]c3=O)C[C@@H]2OP(=O)(OC[C@H]2O[C@@H](n3cnc4c(NC(=O)c5ccccc5)ncnc43)C[C@@H]2OP(OCCC#N)N(C(C)C)C(C)C)SCc2ccccc2[N+](=O)[O-])(c2ccccc2)c2ccc(OC)cc2)cc1. The van der Waals surface area contributed by atoms with Gasteiger partial charge in [0.2, 0.25) is 0 Å². The smallest absolute Gasteiger partial charge is 0.389 e. The zero-order valence-electron chi connectivity index (χ0n) is 51.5. The molecule has 5 aromatic carbocycles. The molecule has 2 aliphatic rings. The highest BCUT2D eigenvalue weighted by Gasteiger charge is 2.48. The van der Waals surface area contributed by atoms with Crippen molar-refractivity contribution in [3.05, 3.63) is 217 Å². The van der Waals surface area contributed by atoms with Crippen molar-refractivity contribution in [3.63, 3.8) is 0 Å². The van der Waals surface area contributed by atoms with Crippen LogP contribution < -0.4 is 26.0 Å². The Hall–Kier alpha value is -8.02. The first-order valence-corrected chi connectivity index (χ1v) is 33.9. The zero-order chi connectivity index (χ0) is 65.1. The van der Waals surface area contributed by atoms with Crippen LogP contribution >= 0.6 is 26.7 Å². The lowest BCUT2D eigenvalue weighted by molar-refractivity contribution is -0.385. The molecular weight excluding hydrogens is 1240 g/mol. The molecular formula is C64H70N10O15P2S. The molecule has 2 fully saturated rings. The molecule has 0 radical (unpaired) electrons. The summed E-state index contributed by atoms with van der Waals surface area (Å²) in [4.78, 5) is 67.8. The fraction of sp³-hybridized carbons (Fsp3) is 0.359. The van der Waals surface area contributed by atoms with Crippen LogP contribution in [0.2, 0.25) is 0 Å². The van der Waals surface area contributed by atoms with Crippen LogP contribution in [0.15, 0.2) is 162 Å². The second kappa shape index (κ2) is 30.2. The highest BCUT2D eigenvalue weighted by Crippen LogP contribution is 2.65.